The summed E-state index contributed by atoms with van der Waals surface area (Å²) >= 11 is 0. The van der Waals surface area contributed by atoms with Crippen molar-refractivity contribution in [2.24, 2.45) is 0 Å². The first-order valence-corrected chi connectivity index (χ1v) is 7.14. The van der Waals surface area contributed by atoms with Crippen molar-refractivity contribution in [1.82, 2.24) is 0 Å². The molecule has 0 bridgehead atoms. The Labute approximate surface area is 118 Å². The summed E-state index contributed by atoms with van der Waals surface area (Å²) in [6.07, 6.45) is 4.49. The number of ether oxygens (including phenoxy) is 1. The number of halogens is 2. The number of fused-ring (bicyclic) bond motifs is 1. The van der Waals surface area contributed by atoms with Crippen molar-refractivity contribution >= 4 is 10.8 Å². The van der Waals surface area contributed by atoms with E-state index in [2.05, 4.69) is 6.92 Å². The maximum atomic E-state index is 13.9. The minimum absolute atomic E-state index is 0.277. The summed E-state index contributed by atoms with van der Waals surface area (Å²) in [7, 11) is 0. The van der Waals surface area contributed by atoms with E-state index in [0.29, 0.717) is 23.3 Å². The van der Waals surface area contributed by atoms with Crippen molar-refractivity contribution in [1.29, 1.82) is 0 Å². The minimum Gasteiger partial charge on any atom is -0.494 e. The molecular weight excluding hydrogens is 258 g/mol. The first kappa shape index (κ1) is 14.8. The normalized spacial score (nSPS) is 11.0. The van der Waals surface area contributed by atoms with Crippen molar-refractivity contribution in [3.05, 3.63) is 41.5 Å². The molecule has 3 heteroatoms. The maximum Gasteiger partial charge on any atom is 0.134 e. The predicted molar refractivity (Wildman–Crippen MR) is 78.2 cm³/mol. The fraction of sp³-hybridized carbons (Fsp3) is 0.412. The second kappa shape index (κ2) is 6.69. The summed E-state index contributed by atoms with van der Waals surface area (Å²) in [5.41, 5.74) is 0.322. The van der Waals surface area contributed by atoms with Crippen LogP contribution in [0.2, 0.25) is 0 Å². The van der Waals surface area contributed by atoms with E-state index >= 15 is 0 Å². The van der Waals surface area contributed by atoms with Crippen LogP contribution < -0.4 is 4.74 Å². The Bertz CT molecular complexity index is 593. The lowest BCUT2D eigenvalue weighted by molar-refractivity contribution is 0.305. The fourth-order valence-electron chi connectivity index (χ4n) is 2.26. The highest BCUT2D eigenvalue weighted by Gasteiger charge is 2.10. The second-order valence-corrected chi connectivity index (χ2v) is 5.11. The van der Waals surface area contributed by atoms with Crippen molar-refractivity contribution in [3.63, 3.8) is 0 Å². The second-order valence-electron chi connectivity index (χ2n) is 5.11. The number of aryl methyl sites for hydroxylation is 1. The van der Waals surface area contributed by atoms with Crippen LogP contribution in [-0.2, 0) is 0 Å². The molecule has 2 aromatic carbocycles. The number of unbranched alkanes of at least 4 members (excludes halogenated alkanes) is 3. The third-order valence-electron chi connectivity index (χ3n) is 3.44. The zero-order chi connectivity index (χ0) is 14.5. The molecule has 0 saturated heterocycles. The SMILES string of the molecule is CCCCCCOc1ccc2c(F)c(C)cc(F)c2c1. The molecule has 0 aliphatic carbocycles. The van der Waals surface area contributed by atoms with Gasteiger partial charge in [-0.2, -0.15) is 0 Å². The minimum atomic E-state index is -0.407. The molecule has 0 N–H and O–H groups in total. The van der Waals surface area contributed by atoms with Crippen LogP contribution in [0.4, 0.5) is 8.78 Å². The van der Waals surface area contributed by atoms with Gasteiger partial charge in [0.15, 0.2) is 0 Å². The Morgan fingerprint density at radius 3 is 2.55 bits per heavy atom. The van der Waals surface area contributed by atoms with Gasteiger partial charge in [0.25, 0.3) is 0 Å². The standard InChI is InChI=1S/C17H20F2O/c1-3-4-5-6-9-20-13-7-8-14-15(11-13)16(18)10-12(2)17(14)19/h7-8,10-11H,3-6,9H2,1-2H3. The van der Waals surface area contributed by atoms with Gasteiger partial charge in [0.2, 0.25) is 0 Å². The summed E-state index contributed by atoms with van der Waals surface area (Å²) in [6.45, 7) is 4.33. The van der Waals surface area contributed by atoms with E-state index in [9.17, 15) is 8.78 Å². The molecule has 0 fully saturated rings. The predicted octanol–water partition coefficient (Wildman–Crippen LogP) is 5.39. The van der Waals surface area contributed by atoms with E-state index in [-0.39, 0.29) is 11.2 Å². The van der Waals surface area contributed by atoms with Gasteiger partial charge < -0.3 is 4.74 Å². The van der Waals surface area contributed by atoms with Crippen molar-refractivity contribution in [2.75, 3.05) is 6.61 Å². The average Bonchev–Trinajstić information content (AvgIpc) is 2.44. The van der Waals surface area contributed by atoms with Gasteiger partial charge in [0.05, 0.1) is 6.61 Å². The van der Waals surface area contributed by atoms with Crippen LogP contribution in [0.1, 0.15) is 38.2 Å². The van der Waals surface area contributed by atoms with Crippen LogP contribution in [0, 0.1) is 18.6 Å². The smallest absolute Gasteiger partial charge is 0.134 e. The Kier molecular flexibility index (Phi) is 4.94. The molecule has 0 atom stereocenters. The van der Waals surface area contributed by atoms with Crippen LogP contribution in [0.3, 0.4) is 0 Å². The number of hydrogen-bond donors (Lipinski definition) is 0. The van der Waals surface area contributed by atoms with E-state index < -0.39 is 5.82 Å². The van der Waals surface area contributed by atoms with E-state index in [0.717, 1.165) is 12.8 Å². The molecule has 0 radical (unpaired) electrons. The highest BCUT2D eigenvalue weighted by atomic mass is 19.1. The van der Waals surface area contributed by atoms with Crippen molar-refractivity contribution < 1.29 is 13.5 Å². The topological polar surface area (TPSA) is 9.23 Å². The first-order valence-electron chi connectivity index (χ1n) is 7.14. The molecule has 1 nitrogen and oxygen atoms in total. The van der Waals surface area contributed by atoms with Crippen molar-refractivity contribution in [2.45, 2.75) is 39.5 Å². The van der Waals surface area contributed by atoms with Gasteiger partial charge in [-0.1, -0.05) is 26.2 Å². The fourth-order valence-corrected chi connectivity index (χ4v) is 2.26. The van der Waals surface area contributed by atoms with E-state index in [1.807, 2.05) is 0 Å². The molecule has 0 heterocycles. The number of benzene rings is 2. The largest absolute Gasteiger partial charge is 0.494 e. The van der Waals surface area contributed by atoms with Gasteiger partial charge in [-0.25, -0.2) is 8.78 Å². The Balaban J connectivity index is 2.13. The molecule has 2 rings (SSSR count). The Hall–Kier alpha value is -1.64. The van der Waals surface area contributed by atoms with Crippen LogP contribution in [0.15, 0.2) is 24.3 Å². The van der Waals surface area contributed by atoms with Gasteiger partial charge in [-0.3, -0.25) is 0 Å². The Morgan fingerprint density at radius 1 is 1.00 bits per heavy atom. The zero-order valence-corrected chi connectivity index (χ0v) is 12.0. The molecule has 0 spiro atoms. The quantitative estimate of drug-likeness (QED) is 0.644. The van der Waals surface area contributed by atoms with Crippen molar-refractivity contribution in [3.8, 4) is 5.75 Å². The molecule has 0 unspecified atom stereocenters. The monoisotopic (exact) mass is 278 g/mol. The van der Waals surface area contributed by atoms with Gasteiger partial charge in [-0.05, 0) is 43.2 Å². The highest BCUT2D eigenvalue weighted by molar-refractivity contribution is 5.85. The third-order valence-corrected chi connectivity index (χ3v) is 3.44. The van der Waals surface area contributed by atoms with Gasteiger partial charge in [-0.15, -0.1) is 0 Å². The first-order chi connectivity index (χ1) is 9.63. The molecular formula is C17H20F2O. The number of hydrogen-bond acceptors (Lipinski definition) is 1. The summed E-state index contributed by atoms with van der Waals surface area (Å²) in [5.74, 6) is -0.178. The molecule has 0 aromatic heterocycles. The third kappa shape index (κ3) is 3.27. The number of rotatable bonds is 6. The zero-order valence-electron chi connectivity index (χ0n) is 12.0. The molecule has 0 saturated carbocycles. The summed E-state index contributed by atoms with van der Waals surface area (Å²) in [5, 5.41) is 0.583. The lowest BCUT2D eigenvalue weighted by Gasteiger charge is -2.09. The van der Waals surface area contributed by atoms with Crippen LogP contribution in [-0.4, -0.2) is 6.61 Å². The van der Waals surface area contributed by atoms with Gasteiger partial charge in [0, 0.05) is 10.8 Å². The average molecular weight is 278 g/mol. The molecule has 0 amide bonds. The molecule has 20 heavy (non-hydrogen) atoms. The highest BCUT2D eigenvalue weighted by Crippen LogP contribution is 2.27. The lowest BCUT2D eigenvalue weighted by atomic mass is 10.1. The summed E-state index contributed by atoms with van der Waals surface area (Å²) < 4.78 is 33.4. The lowest BCUT2D eigenvalue weighted by Crippen LogP contribution is -1.98. The molecule has 108 valence electrons. The summed E-state index contributed by atoms with van der Waals surface area (Å²) in [6, 6.07) is 6.09. The van der Waals surface area contributed by atoms with Gasteiger partial charge >= 0.3 is 0 Å². The molecule has 0 aliphatic rings. The molecule has 0 aliphatic heterocycles. The van der Waals surface area contributed by atoms with Crippen LogP contribution >= 0.6 is 0 Å². The van der Waals surface area contributed by atoms with E-state index in [1.54, 1.807) is 25.1 Å². The van der Waals surface area contributed by atoms with E-state index in [1.165, 1.54) is 18.9 Å². The Morgan fingerprint density at radius 2 is 1.80 bits per heavy atom. The van der Waals surface area contributed by atoms with Gasteiger partial charge in [0.1, 0.15) is 17.4 Å². The van der Waals surface area contributed by atoms with Crippen LogP contribution in [0.5, 0.6) is 5.75 Å². The maximum absolute atomic E-state index is 13.9. The van der Waals surface area contributed by atoms with Crippen LogP contribution in [0.25, 0.3) is 10.8 Å². The summed E-state index contributed by atoms with van der Waals surface area (Å²) in [4.78, 5) is 0. The van der Waals surface area contributed by atoms with E-state index in [4.69, 9.17) is 4.74 Å². The molecule has 2 aromatic rings.